The largest absolute Gasteiger partial charge is 0.493 e. The zero-order valence-electron chi connectivity index (χ0n) is 12.1. The van der Waals surface area contributed by atoms with Gasteiger partial charge in [0.1, 0.15) is 0 Å². The molecule has 0 aromatic heterocycles. The summed E-state index contributed by atoms with van der Waals surface area (Å²) in [4.78, 5) is 12.3. The molecule has 0 radical (unpaired) electrons. The molecule has 1 amide bonds. The molecule has 110 valence electrons. The highest BCUT2D eigenvalue weighted by Crippen LogP contribution is 2.50. The van der Waals surface area contributed by atoms with Crippen LogP contribution in [0, 0.1) is 0 Å². The number of hydrogen-bond acceptors (Lipinski definition) is 4. The number of carbonyl (C=O) groups excluding carboxylic acids is 1. The molecular formula is C15H22N2O3. The SMILES string of the molecule is COc1ccc(C2(C(=O)NCCCN)CC2)cc1OC. The maximum atomic E-state index is 12.3. The molecule has 0 unspecified atom stereocenters. The zero-order chi connectivity index (χ0) is 14.6. The summed E-state index contributed by atoms with van der Waals surface area (Å²) in [5.41, 5.74) is 6.03. The molecule has 0 atom stereocenters. The Morgan fingerprint density at radius 3 is 2.55 bits per heavy atom. The van der Waals surface area contributed by atoms with Crippen LogP contribution in [-0.4, -0.2) is 33.2 Å². The van der Waals surface area contributed by atoms with Gasteiger partial charge in [-0.25, -0.2) is 0 Å². The van der Waals surface area contributed by atoms with E-state index in [0.717, 1.165) is 24.8 Å². The van der Waals surface area contributed by atoms with Gasteiger partial charge in [-0.15, -0.1) is 0 Å². The van der Waals surface area contributed by atoms with Crippen molar-refractivity contribution in [2.24, 2.45) is 5.73 Å². The molecule has 3 N–H and O–H groups in total. The van der Waals surface area contributed by atoms with Gasteiger partial charge >= 0.3 is 0 Å². The average molecular weight is 278 g/mol. The molecule has 0 bridgehead atoms. The van der Waals surface area contributed by atoms with Gasteiger partial charge in [0, 0.05) is 6.54 Å². The highest BCUT2D eigenvalue weighted by Gasteiger charge is 2.51. The molecular weight excluding hydrogens is 256 g/mol. The van der Waals surface area contributed by atoms with Gasteiger partial charge < -0.3 is 20.5 Å². The molecule has 1 aliphatic carbocycles. The molecule has 1 aliphatic rings. The van der Waals surface area contributed by atoms with Crippen LogP contribution in [0.5, 0.6) is 11.5 Å². The van der Waals surface area contributed by atoms with Gasteiger partial charge in [0.05, 0.1) is 19.6 Å². The van der Waals surface area contributed by atoms with Gasteiger partial charge in [0.15, 0.2) is 11.5 Å². The minimum absolute atomic E-state index is 0.0816. The first-order chi connectivity index (χ1) is 9.67. The second-order valence-corrected chi connectivity index (χ2v) is 5.05. The summed E-state index contributed by atoms with van der Waals surface area (Å²) in [5, 5.41) is 2.96. The van der Waals surface area contributed by atoms with Gasteiger partial charge in [-0.1, -0.05) is 6.07 Å². The van der Waals surface area contributed by atoms with Crippen molar-refractivity contribution in [2.75, 3.05) is 27.3 Å². The molecule has 1 fully saturated rings. The van der Waals surface area contributed by atoms with Crippen molar-refractivity contribution in [1.82, 2.24) is 5.32 Å². The second kappa shape index (κ2) is 6.13. The average Bonchev–Trinajstić information content (AvgIpc) is 3.28. The number of nitrogens with one attached hydrogen (secondary N) is 1. The summed E-state index contributed by atoms with van der Waals surface area (Å²) in [6.45, 7) is 1.22. The Morgan fingerprint density at radius 1 is 1.30 bits per heavy atom. The Hall–Kier alpha value is -1.75. The number of hydrogen-bond donors (Lipinski definition) is 2. The van der Waals surface area contributed by atoms with Gasteiger partial charge in [0.25, 0.3) is 0 Å². The zero-order valence-corrected chi connectivity index (χ0v) is 12.1. The van der Waals surface area contributed by atoms with Gasteiger partial charge in [-0.05, 0) is 43.5 Å². The third-order valence-electron chi connectivity index (χ3n) is 3.79. The topological polar surface area (TPSA) is 73.6 Å². The van der Waals surface area contributed by atoms with Gasteiger partial charge in [-0.2, -0.15) is 0 Å². The maximum Gasteiger partial charge on any atom is 0.230 e. The molecule has 0 saturated heterocycles. The summed E-state index contributed by atoms with van der Waals surface area (Å²) in [6, 6.07) is 5.69. The van der Waals surface area contributed by atoms with Crippen LogP contribution < -0.4 is 20.5 Å². The third kappa shape index (κ3) is 2.72. The van der Waals surface area contributed by atoms with E-state index in [9.17, 15) is 4.79 Å². The normalized spacial score (nSPS) is 15.6. The molecule has 0 aliphatic heterocycles. The van der Waals surface area contributed by atoms with Crippen LogP contribution in [-0.2, 0) is 10.2 Å². The van der Waals surface area contributed by atoms with Crippen LogP contribution in [0.25, 0.3) is 0 Å². The van der Waals surface area contributed by atoms with Crippen molar-refractivity contribution >= 4 is 5.91 Å². The van der Waals surface area contributed by atoms with Crippen molar-refractivity contribution in [1.29, 1.82) is 0 Å². The first-order valence-electron chi connectivity index (χ1n) is 6.89. The number of methoxy groups -OCH3 is 2. The fourth-order valence-electron chi connectivity index (χ4n) is 2.38. The lowest BCUT2D eigenvalue weighted by Gasteiger charge is -2.17. The van der Waals surface area contributed by atoms with E-state index >= 15 is 0 Å². The Morgan fingerprint density at radius 2 is 2.00 bits per heavy atom. The van der Waals surface area contributed by atoms with Crippen LogP contribution in [0.2, 0.25) is 0 Å². The lowest BCUT2D eigenvalue weighted by molar-refractivity contribution is -0.123. The predicted octanol–water partition coefficient (Wildman–Crippen LogP) is 1.20. The fraction of sp³-hybridized carbons (Fsp3) is 0.533. The van der Waals surface area contributed by atoms with E-state index in [-0.39, 0.29) is 5.91 Å². The van der Waals surface area contributed by atoms with Crippen LogP contribution in [0.1, 0.15) is 24.8 Å². The molecule has 5 nitrogen and oxygen atoms in total. The number of amides is 1. The van der Waals surface area contributed by atoms with E-state index in [4.69, 9.17) is 15.2 Å². The molecule has 5 heteroatoms. The quantitative estimate of drug-likeness (QED) is 0.735. The van der Waals surface area contributed by atoms with Crippen molar-refractivity contribution in [3.63, 3.8) is 0 Å². The van der Waals surface area contributed by atoms with E-state index in [1.165, 1.54) is 0 Å². The van der Waals surface area contributed by atoms with Crippen LogP contribution >= 0.6 is 0 Å². The van der Waals surface area contributed by atoms with Crippen molar-refractivity contribution in [3.05, 3.63) is 23.8 Å². The number of rotatable bonds is 7. The molecule has 0 spiro atoms. The third-order valence-corrected chi connectivity index (χ3v) is 3.79. The standard InChI is InChI=1S/C15H22N2O3/c1-19-12-5-4-11(10-13(12)20-2)15(6-7-15)14(18)17-9-3-8-16/h4-5,10H,3,6-9,16H2,1-2H3,(H,17,18). The lowest BCUT2D eigenvalue weighted by Crippen LogP contribution is -2.35. The minimum atomic E-state index is -0.395. The Labute approximate surface area is 119 Å². The van der Waals surface area contributed by atoms with E-state index in [0.29, 0.717) is 24.6 Å². The first kappa shape index (κ1) is 14.7. The van der Waals surface area contributed by atoms with Crippen molar-refractivity contribution < 1.29 is 14.3 Å². The van der Waals surface area contributed by atoms with E-state index in [1.807, 2.05) is 18.2 Å². The molecule has 1 aromatic rings. The molecule has 1 aromatic carbocycles. The number of carbonyl (C=O) groups is 1. The number of ether oxygens (including phenoxy) is 2. The van der Waals surface area contributed by atoms with E-state index < -0.39 is 5.41 Å². The summed E-state index contributed by atoms with van der Waals surface area (Å²) in [7, 11) is 3.20. The minimum Gasteiger partial charge on any atom is -0.493 e. The smallest absolute Gasteiger partial charge is 0.230 e. The van der Waals surface area contributed by atoms with Gasteiger partial charge in [-0.3, -0.25) is 4.79 Å². The van der Waals surface area contributed by atoms with Gasteiger partial charge in [0.2, 0.25) is 5.91 Å². The highest BCUT2D eigenvalue weighted by molar-refractivity contribution is 5.91. The van der Waals surface area contributed by atoms with Crippen LogP contribution in [0.4, 0.5) is 0 Å². The molecule has 20 heavy (non-hydrogen) atoms. The lowest BCUT2D eigenvalue weighted by atomic mass is 9.94. The highest BCUT2D eigenvalue weighted by atomic mass is 16.5. The Balaban J connectivity index is 2.15. The second-order valence-electron chi connectivity index (χ2n) is 5.05. The Bertz CT molecular complexity index is 484. The molecule has 0 heterocycles. The van der Waals surface area contributed by atoms with Crippen LogP contribution in [0.15, 0.2) is 18.2 Å². The molecule has 1 saturated carbocycles. The number of benzene rings is 1. The predicted molar refractivity (Wildman–Crippen MR) is 77.1 cm³/mol. The fourth-order valence-corrected chi connectivity index (χ4v) is 2.38. The number of nitrogens with two attached hydrogens (primary N) is 1. The summed E-state index contributed by atoms with van der Waals surface area (Å²) < 4.78 is 10.5. The van der Waals surface area contributed by atoms with Crippen molar-refractivity contribution in [3.8, 4) is 11.5 Å². The Kier molecular flexibility index (Phi) is 4.49. The summed E-state index contributed by atoms with van der Waals surface area (Å²) in [6.07, 6.45) is 2.54. The van der Waals surface area contributed by atoms with Crippen molar-refractivity contribution in [2.45, 2.75) is 24.7 Å². The van der Waals surface area contributed by atoms with Crippen LogP contribution in [0.3, 0.4) is 0 Å². The maximum absolute atomic E-state index is 12.3. The monoisotopic (exact) mass is 278 g/mol. The first-order valence-corrected chi connectivity index (χ1v) is 6.89. The van der Waals surface area contributed by atoms with E-state index in [1.54, 1.807) is 14.2 Å². The summed E-state index contributed by atoms with van der Waals surface area (Å²) >= 11 is 0. The molecule has 2 rings (SSSR count). The van der Waals surface area contributed by atoms with E-state index in [2.05, 4.69) is 5.32 Å². The summed E-state index contributed by atoms with van der Waals surface area (Å²) in [5.74, 6) is 1.42.